The maximum Gasteiger partial charge on any atom is 0.128 e. The summed E-state index contributed by atoms with van der Waals surface area (Å²) < 4.78 is 27.4. The lowest BCUT2D eigenvalue weighted by Gasteiger charge is -2.32. The second-order valence-corrected chi connectivity index (χ2v) is 5.98. The third-order valence-electron chi connectivity index (χ3n) is 4.37. The lowest BCUT2D eigenvalue weighted by atomic mass is 10.0. The average Bonchev–Trinajstić information content (AvgIpc) is 2.98. The predicted octanol–water partition coefficient (Wildman–Crippen LogP) is 3.88. The van der Waals surface area contributed by atoms with Crippen LogP contribution in [0.4, 0.5) is 8.78 Å². The highest BCUT2D eigenvalue weighted by Crippen LogP contribution is 2.25. The smallest absolute Gasteiger partial charge is 0.128 e. The SMILES string of the molecule is CCCCN(CC1CCCN1)C(C)c1cc(F)ccc1F. The van der Waals surface area contributed by atoms with E-state index in [-0.39, 0.29) is 17.7 Å². The van der Waals surface area contributed by atoms with Gasteiger partial charge < -0.3 is 5.32 Å². The molecule has 118 valence electrons. The van der Waals surface area contributed by atoms with Crippen molar-refractivity contribution >= 4 is 0 Å². The van der Waals surface area contributed by atoms with Crippen molar-refractivity contribution in [3.05, 3.63) is 35.4 Å². The van der Waals surface area contributed by atoms with Crippen LogP contribution in [-0.4, -0.2) is 30.6 Å². The zero-order valence-electron chi connectivity index (χ0n) is 13.0. The summed E-state index contributed by atoms with van der Waals surface area (Å²) in [6, 6.07) is 4.12. The van der Waals surface area contributed by atoms with Gasteiger partial charge in [0.05, 0.1) is 0 Å². The first kappa shape index (κ1) is 16.4. The van der Waals surface area contributed by atoms with Crippen molar-refractivity contribution in [3.8, 4) is 0 Å². The Morgan fingerprint density at radius 2 is 2.19 bits per heavy atom. The molecule has 4 heteroatoms. The molecule has 2 nitrogen and oxygen atoms in total. The molecule has 0 aliphatic carbocycles. The van der Waals surface area contributed by atoms with E-state index in [0.29, 0.717) is 11.6 Å². The van der Waals surface area contributed by atoms with Gasteiger partial charge in [-0.1, -0.05) is 13.3 Å². The Kier molecular flexibility index (Phi) is 6.12. The molecular weight excluding hydrogens is 270 g/mol. The topological polar surface area (TPSA) is 15.3 Å². The number of nitrogens with zero attached hydrogens (tertiary/aromatic N) is 1. The van der Waals surface area contributed by atoms with Gasteiger partial charge in [-0.2, -0.15) is 0 Å². The maximum absolute atomic E-state index is 14.0. The van der Waals surface area contributed by atoms with Crippen LogP contribution in [0.15, 0.2) is 18.2 Å². The molecule has 0 spiro atoms. The van der Waals surface area contributed by atoms with Crippen LogP contribution in [0.5, 0.6) is 0 Å². The van der Waals surface area contributed by atoms with Crippen molar-refractivity contribution in [2.75, 3.05) is 19.6 Å². The first-order valence-electron chi connectivity index (χ1n) is 8.04. The molecule has 0 bridgehead atoms. The van der Waals surface area contributed by atoms with E-state index in [4.69, 9.17) is 0 Å². The quantitative estimate of drug-likeness (QED) is 0.821. The number of hydrogen-bond acceptors (Lipinski definition) is 2. The minimum Gasteiger partial charge on any atom is -0.313 e. The zero-order valence-corrected chi connectivity index (χ0v) is 13.0. The molecule has 1 saturated heterocycles. The molecule has 1 aliphatic rings. The third-order valence-corrected chi connectivity index (χ3v) is 4.37. The van der Waals surface area contributed by atoms with E-state index in [2.05, 4.69) is 17.1 Å². The second-order valence-electron chi connectivity index (χ2n) is 5.98. The third kappa shape index (κ3) is 4.48. The molecule has 1 aromatic carbocycles. The van der Waals surface area contributed by atoms with Crippen molar-refractivity contribution in [1.82, 2.24) is 10.2 Å². The zero-order chi connectivity index (χ0) is 15.2. The van der Waals surface area contributed by atoms with Crippen molar-refractivity contribution in [2.24, 2.45) is 0 Å². The van der Waals surface area contributed by atoms with Crippen molar-refractivity contribution < 1.29 is 8.78 Å². The summed E-state index contributed by atoms with van der Waals surface area (Å²) in [5, 5.41) is 3.49. The van der Waals surface area contributed by atoms with Gasteiger partial charge in [-0.05, 0) is 57.5 Å². The molecule has 1 N–H and O–H groups in total. The molecule has 2 unspecified atom stereocenters. The van der Waals surface area contributed by atoms with Crippen LogP contribution < -0.4 is 5.32 Å². The summed E-state index contributed by atoms with van der Waals surface area (Å²) in [6.07, 6.45) is 4.55. The molecule has 0 amide bonds. The molecule has 1 fully saturated rings. The molecule has 0 radical (unpaired) electrons. The molecule has 21 heavy (non-hydrogen) atoms. The van der Waals surface area contributed by atoms with Crippen LogP contribution in [0.25, 0.3) is 0 Å². The van der Waals surface area contributed by atoms with Gasteiger partial charge in [-0.15, -0.1) is 0 Å². The molecular formula is C17H26F2N2. The van der Waals surface area contributed by atoms with E-state index in [1.54, 1.807) is 0 Å². The molecule has 2 rings (SSSR count). The van der Waals surface area contributed by atoms with E-state index in [0.717, 1.165) is 32.5 Å². The van der Waals surface area contributed by atoms with Crippen LogP contribution >= 0.6 is 0 Å². The predicted molar refractivity (Wildman–Crippen MR) is 82.3 cm³/mol. The van der Waals surface area contributed by atoms with E-state index >= 15 is 0 Å². The van der Waals surface area contributed by atoms with Gasteiger partial charge in [0.1, 0.15) is 11.6 Å². The van der Waals surface area contributed by atoms with Gasteiger partial charge in [0.2, 0.25) is 0 Å². The van der Waals surface area contributed by atoms with E-state index in [9.17, 15) is 8.78 Å². The normalized spacial score (nSPS) is 20.1. The van der Waals surface area contributed by atoms with Gasteiger partial charge in [0, 0.05) is 24.2 Å². The summed E-state index contributed by atoms with van der Waals surface area (Å²) >= 11 is 0. The number of halogens is 2. The van der Waals surface area contributed by atoms with Crippen molar-refractivity contribution in [2.45, 2.75) is 51.6 Å². The molecule has 1 heterocycles. The highest BCUT2D eigenvalue weighted by atomic mass is 19.1. The van der Waals surface area contributed by atoms with E-state index in [1.807, 2.05) is 6.92 Å². The summed E-state index contributed by atoms with van der Waals surface area (Å²) in [7, 11) is 0. The summed E-state index contributed by atoms with van der Waals surface area (Å²) in [5.41, 5.74) is 0.462. The standard InChI is InChI=1S/C17H26F2N2/c1-3-4-10-21(12-15-6-5-9-20-15)13(2)16-11-14(18)7-8-17(16)19/h7-8,11,13,15,20H,3-6,9-10,12H2,1-2H3. The van der Waals surface area contributed by atoms with Crippen LogP contribution in [0.1, 0.15) is 51.1 Å². The summed E-state index contributed by atoms with van der Waals surface area (Å²) in [4.78, 5) is 2.28. The van der Waals surface area contributed by atoms with Crippen LogP contribution in [0, 0.1) is 11.6 Å². The molecule has 0 aromatic heterocycles. The Hall–Kier alpha value is -1.00. The monoisotopic (exact) mass is 296 g/mol. The van der Waals surface area contributed by atoms with Gasteiger partial charge in [0.25, 0.3) is 0 Å². The molecule has 1 aliphatic heterocycles. The van der Waals surface area contributed by atoms with Crippen molar-refractivity contribution in [1.29, 1.82) is 0 Å². The highest BCUT2D eigenvalue weighted by molar-refractivity contribution is 5.22. The Balaban J connectivity index is 2.11. The van der Waals surface area contributed by atoms with E-state index < -0.39 is 0 Å². The van der Waals surface area contributed by atoms with Gasteiger partial charge in [0.15, 0.2) is 0 Å². The minimum absolute atomic E-state index is 0.102. The highest BCUT2D eigenvalue weighted by Gasteiger charge is 2.23. The summed E-state index contributed by atoms with van der Waals surface area (Å²) in [5.74, 6) is -0.683. The average molecular weight is 296 g/mol. The Bertz CT molecular complexity index is 444. The fraction of sp³-hybridized carbons (Fsp3) is 0.647. The van der Waals surface area contributed by atoms with Crippen molar-refractivity contribution in [3.63, 3.8) is 0 Å². The van der Waals surface area contributed by atoms with Gasteiger partial charge >= 0.3 is 0 Å². The Labute approximate surface area is 126 Å². The fourth-order valence-corrected chi connectivity index (χ4v) is 3.03. The van der Waals surface area contributed by atoms with Crippen LogP contribution in [0.3, 0.4) is 0 Å². The second kappa shape index (κ2) is 7.85. The van der Waals surface area contributed by atoms with E-state index in [1.165, 1.54) is 31.0 Å². The molecule has 0 saturated carbocycles. The lowest BCUT2D eigenvalue weighted by molar-refractivity contribution is 0.186. The largest absolute Gasteiger partial charge is 0.313 e. The van der Waals surface area contributed by atoms with Crippen LogP contribution in [-0.2, 0) is 0 Å². The first-order valence-corrected chi connectivity index (χ1v) is 8.04. The number of nitrogens with one attached hydrogen (secondary N) is 1. The molecule has 1 aromatic rings. The van der Waals surface area contributed by atoms with Gasteiger partial charge in [-0.25, -0.2) is 8.78 Å². The Morgan fingerprint density at radius 1 is 1.38 bits per heavy atom. The van der Waals surface area contributed by atoms with Gasteiger partial charge in [-0.3, -0.25) is 4.90 Å². The number of benzene rings is 1. The summed E-state index contributed by atoms with van der Waals surface area (Å²) in [6.45, 7) is 7.01. The lowest BCUT2D eigenvalue weighted by Crippen LogP contribution is -2.39. The Morgan fingerprint density at radius 3 is 2.86 bits per heavy atom. The molecule has 2 atom stereocenters. The first-order chi connectivity index (χ1) is 10.1. The maximum atomic E-state index is 14.0. The fourth-order valence-electron chi connectivity index (χ4n) is 3.03. The number of unbranched alkanes of at least 4 members (excludes halogenated alkanes) is 1. The minimum atomic E-state index is -0.368. The van der Waals surface area contributed by atoms with Crippen LogP contribution in [0.2, 0.25) is 0 Å². The number of hydrogen-bond donors (Lipinski definition) is 1. The number of rotatable bonds is 7.